The smallest absolute Gasteiger partial charge is 0.222 e. The summed E-state index contributed by atoms with van der Waals surface area (Å²) in [6.45, 7) is 3.65. The fourth-order valence-electron chi connectivity index (χ4n) is 3.11. The first-order valence-electron chi connectivity index (χ1n) is 7.89. The van der Waals surface area contributed by atoms with Gasteiger partial charge in [0.05, 0.1) is 0 Å². The number of H-pyrrole nitrogens is 1. The number of aryl methyl sites for hydroxylation is 3. The summed E-state index contributed by atoms with van der Waals surface area (Å²) in [5, 5.41) is 4.14. The van der Waals surface area contributed by atoms with Gasteiger partial charge in [-0.15, -0.1) is 0 Å². The molecule has 1 atom stereocenters. The molecule has 1 amide bonds. The number of nitrogens with zero attached hydrogens (tertiary/aromatic N) is 4. The summed E-state index contributed by atoms with van der Waals surface area (Å²) >= 11 is 0. The monoisotopic (exact) mass is 301 g/mol. The Hall–Kier alpha value is -2.11. The minimum atomic E-state index is 0.231. The van der Waals surface area contributed by atoms with E-state index in [0.717, 1.165) is 49.6 Å². The van der Waals surface area contributed by atoms with Gasteiger partial charge in [0, 0.05) is 56.3 Å². The van der Waals surface area contributed by atoms with E-state index < -0.39 is 0 Å². The molecule has 0 aliphatic carbocycles. The molecule has 1 saturated heterocycles. The van der Waals surface area contributed by atoms with Gasteiger partial charge in [0.1, 0.15) is 5.82 Å². The molecular weight excluding hydrogens is 278 g/mol. The summed E-state index contributed by atoms with van der Waals surface area (Å²) < 4.78 is 1.83. The molecule has 3 heterocycles. The predicted octanol–water partition coefficient (Wildman–Crippen LogP) is 1.79. The molecule has 1 N–H and O–H groups in total. The van der Waals surface area contributed by atoms with Gasteiger partial charge in [0.15, 0.2) is 0 Å². The van der Waals surface area contributed by atoms with Crippen LogP contribution < -0.4 is 0 Å². The van der Waals surface area contributed by atoms with E-state index in [0.29, 0.717) is 12.3 Å². The quantitative estimate of drug-likeness (QED) is 0.936. The zero-order valence-corrected chi connectivity index (χ0v) is 13.2. The Morgan fingerprint density at radius 1 is 1.50 bits per heavy atom. The Balaban J connectivity index is 1.57. The van der Waals surface area contributed by atoms with Crippen molar-refractivity contribution in [1.29, 1.82) is 0 Å². The van der Waals surface area contributed by atoms with Crippen molar-refractivity contribution in [1.82, 2.24) is 24.6 Å². The molecule has 118 valence electrons. The van der Waals surface area contributed by atoms with Gasteiger partial charge in [0.2, 0.25) is 5.91 Å². The Kier molecular flexibility index (Phi) is 4.27. The van der Waals surface area contributed by atoms with Gasteiger partial charge in [0.25, 0.3) is 0 Å². The van der Waals surface area contributed by atoms with E-state index in [9.17, 15) is 4.79 Å². The number of likely N-dealkylation sites (tertiary alicyclic amines) is 1. The second-order valence-corrected chi connectivity index (χ2v) is 6.08. The van der Waals surface area contributed by atoms with Gasteiger partial charge >= 0.3 is 0 Å². The van der Waals surface area contributed by atoms with Crippen LogP contribution in [0.5, 0.6) is 0 Å². The summed E-state index contributed by atoms with van der Waals surface area (Å²) in [6, 6.07) is 1.97. The van der Waals surface area contributed by atoms with E-state index >= 15 is 0 Å². The number of imidazole rings is 1. The van der Waals surface area contributed by atoms with Gasteiger partial charge in [-0.1, -0.05) is 0 Å². The number of hydrogen-bond acceptors (Lipinski definition) is 3. The Morgan fingerprint density at radius 2 is 2.36 bits per heavy atom. The van der Waals surface area contributed by atoms with Crippen LogP contribution in [0.2, 0.25) is 0 Å². The van der Waals surface area contributed by atoms with Gasteiger partial charge in [-0.05, 0) is 32.3 Å². The van der Waals surface area contributed by atoms with Crippen molar-refractivity contribution < 1.29 is 4.79 Å². The second kappa shape index (κ2) is 6.34. The zero-order valence-electron chi connectivity index (χ0n) is 13.2. The molecule has 0 bridgehead atoms. The van der Waals surface area contributed by atoms with Crippen LogP contribution >= 0.6 is 0 Å². The topological polar surface area (TPSA) is 66.8 Å². The van der Waals surface area contributed by atoms with Gasteiger partial charge in [-0.3, -0.25) is 9.48 Å². The summed E-state index contributed by atoms with van der Waals surface area (Å²) in [5.41, 5.74) is 2.18. The molecule has 6 heteroatoms. The van der Waals surface area contributed by atoms with Crippen LogP contribution in [0.1, 0.15) is 42.4 Å². The van der Waals surface area contributed by atoms with Crippen LogP contribution in [0.4, 0.5) is 0 Å². The maximum Gasteiger partial charge on any atom is 0.222 e. The minimum Gasteiger partial charge on any atom is -0.346 e. The highest BCUT2D eigenvalue weighted by Gasteiger charge is 2.26. The van der Waals surface area contributed by atoms with Crippen molar-refractivity contribution in [2.75, 3.05) is 13.1 Å². The number of carbonyl (C=O) groups is 1. The minimum absolute atomic E-state index is 0.231. The second-order valence-electron chi connectivity index (χ2n) is 6.08. The molecule has 3 rings (SSSR count). The van der Waals surface area contributed by atoms with Crippen LogP contribution in [0.25, 0.3) is 0 Å². The number of amides is 1. The van der Waals surface area contributed by atoms with Crippen LogP contribution in [-0.2, 0) is 18.3 Å². The number of carbonyl (C=O) groups excluding carboxylic acids is 1. The van der Waals surface area contributed by atoms with Crippen LogP contribution in [-0.4, -0.2) is 43.6 Å². The van der Waals surface area contributed by atoms with E-state index in [2.05, 4.69) is 15.1 Å². The fraction of sp³-hybridized carbons (Fsp3) is 0.562. The first-order valence-corrected chi connectivity index (χ1v) is 7.89. The van der Waals surface area contributed by atoms with Crippen LogP contribution in [0, 0.1) is 6.92 Å². The van der Waals surface area contributed by atoms with E-state index in [1.807, 2.05) is 35.8 Å². The third-order valence-electron chi connectivity index (χ3n) is 4.40. The largest absolute Gasteiger partial charge is 0.346 e. The highest BCUT2D eigenvalue weighted by atomic mass is 16.2. The number of piperidine rings is 1. The number of rotatable bonds is 4. The number of hydrogen-bond donors (Lipinski definition) is 1. The van der Waals surface area contributed by atoms with Gasteiger partial charge < -0.3 is 9.88 Å². The highest BCUT2D eigenvalue weighted by Crippen LogP contribution is 2.25. The van der Waals surface area contributed by atoms with E-state index in [1.165, 1.54) is 0 Å². The van der Waals surface area contributed by atoms with Crippen molar-refractivity contribution in [2.24, 2.45) is 7.05 Å². The molecule has 2 aromatic rings. The molecule has 0 aromatic carbocycles. The molecule has 0 spiro atoms. The molecule has 22 heavy (non-hydrogen) atoms. The lowest BCUT2D eigenvalue weighted by Gasteiger charge is -2.32. The number of nitrogens with one attached hydrogen (secondary N) is 1. The summed E-state index contributed by atoms with van der Waals surface area (Å²) in [5.74, 6) is 1.58. The summed E-state index contributed by atoms with van der Waals surface area (Å²) in [7, 11) is 1.91. The molecule has 0 unspecified atom stereocenters. The van der Waals surface area contributed by atoms with Crippen LogP contribution in [0.3, 0.4) is 0 Å². The molecular formula is C16H23N5O. The van der Waals surface area contributed by atoms with Crippen molar-refractivity contribution in [3.63, 3.8) is 0 Å². The van der Waals surface area contributed by atoms with Crippen molar-refractivity contribution >= 4 is 5.91 Å². The first kappa shape index (κ1) is 14.8. The van der Waals surface area contributed by atoms with Crippen LogP contribution in [0.15, 0.2) is 18.5 Å². The molecule has 1 fully saturated rings. The standard InChI is InChI=1S/C16H23N5O/c1-12-10-17-16(19-12)13-4-3-9-21(11-13)15(22)6-5-14-7-8-18-20(14)2/h7-8,10,13H,3-6,9,11H2,1-2H3,(H,17,19)/t13-/m1/s1. The Bertz CT molecular complexity index is 645. The maximum atomic E-state index is 12.5. The highest BCUT2D eigenvalue weighted by molar-refractivity contribution is 5.76. The lowest BCUT2D eigenvalue weighted by molar-refractivity contribution is -0.132. The fourth-order valence-corrected chi connectivity index (χ4v) is 3.11. The summed E-state index contributed by atoms with van der Waals surface area (Å²) in [4.78, 5) is 22.2. The summed E-state index contributed by atoms with van der Waals surface area (Å²) in [6.07, 6.45) is 7.06. The number of aromatic nitrogens is 4. The zero-order chi connectivity index (χ0) is 15.5. The molecule has 0 radical (unpaired) electrons. The number of aromatic amines is 1. The first-order chi connectivity index (χ1) is 10.6. The Labute approximate surface area is 130 Å². The van der Waals surface area contributed by atoms with E-state index in [-0.39, 0.29) is 5.91 Å². The molecule has 0 saturated carbocycles. The molecule has 1 aliphatic rings. The maximum absolute atomic E-state index is 12.5. The average Bonchev–Trinajstić information content (AvgIpc) is 3.13. The van der Waals surface area contributed by atoms with E-state index in [1.54, 1.807) is 6.20 Å². The molecule has 2 aromatic heterocycles. The lowest BCUT2D eigenvalue weighted by Crippen LogP contribution is -2.39. The van der Waals surface area contributed by atoms with Gasteiger partial charge in [-0.2, -0.15) is 5.10 Å². The van der Waals surface area contributed by atoms with Crippen molar-refractivity contribution in [2.45, 2.75) is 38.5 Å². The average molecular weight is 301 g/mol. The molecule has 1 aliphatic heterocycles. The lowest BCUT2D eigenvalue weighted by atomic mass is 9.97. The van der Waals surface area contributed by atoms with Crippen molar-refractivity contribution in [3.8, 4) is 0 Å². The van der Waals surface area contributed by atoms with E-state index in [4.69, 9.17) is 0 Å². The Morgan fingerprint density at radius 3 is 3.05 bits per heavy atom. The van der Waals surface area contributed by atoms with Gasteiger partial charge in [-0.25, -0.2) is 4.98 Å². The third-order valence-corrected chi connectivity index (χ3v) is 4.40. The molecule has 6 nitrogen and oxygen atoms in total. The SMILES string of the molecule is Cc1cnc([C@@H]2CCCN(C(=O)CCc3ccnn3C)C2)[nH]1. The predicted molar refractivity (Wildman–Crippen MR) is 83.4 cm³/mol. The third kappa shape index (κ3) is 3.21. The van der Waals surface area contributed by atoms with Crippen molar-refractivity contribution in [3.05, 3.63) is 35.7 Å². The normalized spacial score (nSPS) is 18.6.